The first-order valence-corrected chi connectivity index (χ1v) is 5.47. The third kappa shape index (κ3) is 3.35. The van der Waals surface area contributed by atoms with Gasteiger partial charge in [0, 0.05) is 20.7 Å². The molecule has 18 heavy (non-hydrogen) atoms. The van der Waals surface area contributed by atoms with Gasteiger partial charge in [-0.3, -0.25) is 4.79 Å². The summed E-state index contributed by atoms with van der Waals surface area (Å²) in [6.07, 6.45) is -0.771. The minimum atomic E-state index is -0.771. The summed E-state index contributed by atoms with van der Waals surface area (Å²) in [5.74, 6) is -0.648. The second-order valence-corrected chi connectivity index (χ2v) is 4.04. The molecule has 100 valence electrons. The number of aromatic hydroxyl groups is 1. The summed E-state index contributed by atoms with van der Waals surface area (Å²) in [6, 6.07) is 4.57. The number of nitrogens with zero attached hydrogens (tertiary/aromatic N) is 1. The summed E-state index contributed by atoms with van der Waals surface area (Å²) in [5, 5.41) is 19.2. The van der Waals surface area contributed by atoms with Gasteiger partial charge in [-0.2, -0.15) is 0 Å². The van der Waals surface area contributed by atoms with Crippen LogP contribution in [0.2, 0.25) is 0 Å². The lowest BCUT2D eigenvalue weighted by Gasteiger charge is -2.21. The van der Waals surface area contributed by atoms with E-state index in [1.165, 1.54) is 31.2 Å². The van der Waals surface area contributed by atoms with Crippen molar-refractivity contribution in [2.75, 3.05) is 33.0 Å². The van der Waals surface area contributed by atoms with E-state index in [0.29, 0.717) is 0 Å². The van der Waals surface area contributed by atoms with Crippen LogP contribution in [0.1, 0.15) is 10.4 Å². The van der Waals surface area contributed by atoms with Crippen molar-refractivity contribution in [2.45, 2.75) is 6.10 Å². The van der Waals surface area contributed by atoms with Gasteiger partial charge in [0.05, 0.1) is 24.0 Å². The summed E-state index contributed by atoms with van der Waals surface area (Å²) in [7, 11) is 3.00. The van der Waals surface area contributed by atoms with Crippen LogP contribution in [0.25, 0.3) is 0 Å². The molecule has 1 unspecified atom stereocenters. The van der Waals surface area contributed by atoms with Crippen LogP contribution in [-0.4, -0.2) is 54.4 Å². The summed E-state index contributed by atoms with van der Waals surface area (Å²) < 4.78 is 4.78. The van der Waals surface area contributed by atoms with Crippen LogP contribution in [0.3, 0.4) is 0 Å². The maximum atomic E-state index is 12.0. The Morgan fingerprint density at radius 1 is 1.56 bits per heavy atom. The SMILES string of the molecule is COCC(O)CN(C)C(=O)c1cccc(N)c1O. The number of hydrogen-bond acceptors (Lipinski definition) is 5. The fraction of sp³-hybridized carbons (Fsp3) is 0.417. The number of aliphatic hydroxyl groups is 1. The lowest BCUT2D eigenvalue weighted by Crippen LogP contribution is -2.36. The molecule has 6 heteroatoms. The van der Waals surface area contributed by atoms with Crippen molar-refractivity contribution in [3.63, 3.8) is 0 Å². The summed E-state index contributed by atoms with van der Waals surface area (Å²) in [6.45, 7) is 0.251. The van der Waals surface area contributed by atoms with Crippen molar-refractivity contribution < 1.29 is 19.7 Å². The summed E-state index contributed by atoms with van der Waals surface area (Å²) in [5.41, 5.74) is 5.78. The van der Waals surface area contributed by atoms with Gasteiger partial charge in [-0.25, -0.2) is 0 Å². The van der Waals surface area contributed by atoms with E-state index in [4.69, 9.17) is 10.5 Å². The highest BCUT2D eigenvalue weighted by atomic mass is 16.5. The van der Waals surface area contributed by atoms with Gasteiger partial charge in [0.2, 0.25) is 0 Å². The molecule has 6 nitrogen and oxygen atoms in total. The molecule has 0 aliphatic heterocycles. The van der Waals surface area contributed by atoms with Crippen LogP contribution in [0.15, 0.2) is 18.2 Å². The van der Waals surface area contributed by atoms with Crippen molar-refractivity contribution in [1.82, 2.24) is 4.90 Å². The second-order valence-electron chi connectivity index (χ2n) is 4.04. The molecule has 0 fully saturated rings. The van der Waals surface area contributed by atoms with E-state index in [2.05, 4.69) is 0 Å². The number of aliphatic hydroxyl groups excluding tert-OH is 1. The van der Waals surface area contributed by atoms with Crippen molar-refractivity contribution in [2.24, 2.45) is 0 Å². The first-order valence-electron chi connectivity index (χ1n) is 5.47. The molecule has 1 amide bonds. The number of carbonyl (C=O) groups excluding carboxylic acids is 1. The molecule has 0 radical (unpaired) electrons. The van der Waals surface area contributed by atoms with Crippen molar-refractivity contribution in [3.8, 4) is 5.75 Å². The minimum Gasteiger partial charge on any atom is -0.505 e. The minimum absolute atomic E-state index is 0.112. The highest BCUT2D eigenvalue weighted by molar-refractivity contribution is 5.98. The molecule has 0 heterocycles. The zero-order chi connectivity index (χ0) is 13.7. The number of phenols is 1. The topological polar surface area (TPSA) is 96.0 Å². The number of anilines is 1. The Morgan fingerprint density at radius 3 is 2.83 bits per heavy atom. The van der Waals surface area contributed by atoms with E-state index in [1.807, 2.05) is 0 Å². The van der Waals surface area contributed by atoms with Gasteiger partial charge in [-0.15, -0.1) is 0 Å². The molecular formula is C12H18N2O4. The molecule has 0 bridgehead atoms. The van der Waals surface area contributed by atoms with Crippen LogP contribution < -0.4 is 5.73 Å². The number of nitrogens with two attached hydrogens (primary N) is 1. The average molecular weight is 254 g/mol. The fourth-order valence-electron chi connectivity index (χ4n) is 1.58. The zero-order valence-electron chi connectivity index (χ0n) is 10.5. The maximum absolute atomic E-state index is 12.0. The molecular weight excluding hydrogens is 236 g/mol. The van der Waals surface area contributed by atoms with Crippen LogP contribution in [-0.2, 0) is 4.74 Å². The van der Waals surface area contributed by atoms with Gasteiger partial charge >= 0.3 is 0 Å². The van der Waals surface area contributed by atoms with E-state index in [1.54, 1.807) is 6.07 Å². The van der Waals surface area contributed by atoms with Crippen molar-refractivity contribution in [1.29, 1.82) is 0 Å². The molecule has 0 aromatic heterocycles. The van der Waals surface area contributed by atoms with Gasteiger partial charge in [-0.05, 0) is 12.1 Å². The quantitative estimate of drug-likeness (QED) is 0.510. The monoisotopic (exact) mass is 254 g/mol. The number of likely N-dealkylation sites (N-methyl/N-ethyl adjacent to an activating group) is 1. The molecule has 0 spiro atoms. The Hall–Kier alpha value is -1.79. The zero-order valence-corrected chi connectivity index (χ0v) is 10.5. The highest BCUT2D eigenvalue weighted by Crippen LogP contribution is 2.25. The molecule has 4 N–H and O–H groups in total. The molecule has 0 aliphatic rings. The number of carbonyl (C=O) groups is 1. The number of rotatable bonds is 5. The Bertz CT molecular complexity index is 423. The van der Waals surface area contributed by atoms with Crippen LogP contribution >= 0.6 is 0 Å². The van der Waals surface area contributed by atoms with Crippen molar-refractivity contribution in [3.05, 3.63) is 23.8 Å². The largest absolute Gasteiger partial charge is 0.505 e. The van der Waals surface area contributed by atoms with E-state index in [9.17, 15) is 15.0 Å². The molecule has 1 aromatic rings. The molecule has 0 saturated carbocycles. The lowest BCUT2D eigenvalue weighted by molar-refractivity contribution is 0.0379. The van der Waals surface area contributed by atoms with E-state index >= 15 is 0 Å². The lowest BCUT2D eigenvalue weighted by atomic mass is 10.1. The first-order chi connectivity index (χ1) is 8.47. The first kappa shape index (κ1) is 14.3. The smallest absolute Gasteiger partial charge is 0.257 e. The number of phenolic OH excluding ortho intramolecular Hbond substituents is 1. The predicted octanol–water partition coefficient (Wildman–Crippen LogP) is 0.0537. The van der Waals surface area contributed by atoms with E-state index in [0.717, 1.165) is 0 Å². The number of para-hydroxylation sites is 1. The Kier molecular flexibility index (Phi) is 4.94. The number of benzene rings is 1. The molecule has 1 atom stereocenters. The average Bonchev–Trinajstić information content (AvgIpc) is 2.32. The summed E-state index contributed by atoms with van der Waals surface area (Å²) >= 11 is 0. The highest BCUT2D eigenvalue weighted by Gasteiger charge is 2.19. The fourth-order valence-corrected chi connectivity index (χ4v) is 1.58. The second kappa shape index (κ2) is 6.23. The summed E-state index contributed by atoms with van der Waals surface area (Å²) in [4.78, 5) is 13.3. The molecule has 0 aliphatic carbocycles. The van der Waals surface area contributed by atoms with Gasteiger partial charge < -0.3 is 25.6 Å². The van der Waals surface area contributed by atoms with Gasteiger partial charge in [0.25, 0.3) is 5.91 Å². The number of ether oxygens (including phenoxy) is 1. The predicted molar refractivity (Wildman–Crippen MR) is 67.4 cm³/mol. The van der Waals surface area contributed by atoms with Gasteiger partial charge in [-0.1, -0.05) is 6.07 Å². The third-order valence-corrected chi connectivity index (χ3v) is 2.49. The number of amides is 1. The third-order valence-electron chi connectivity index (χ3n) is 2.49. The maximum Gasteiger partial charge on any atom is 0.257 e. The molecule has 1 rings (SSSR count). The normalized spacial score (nSPS) is 12.2. The van der Waals surface area contributed by atoms with Crippen molar-refractivity contribution >= 4 is 11.6 Å². The number of hydrogen-bond donors (Lipinski definition) is 3. The van der Waals surface area contributed by atoms with E-state index < -0.39 is 12.0 Å². The number of methoxy groups -OCH3 is 1. The van der Waals surface area contributed by atoms with E-state index in [-0.39, 0.29) is 30.2 Å². The van der Waals surface area contributed by atoms with Crippen LogP contribution in [0.5, 0.6) is 5.75 Å². The Labute approximate surface area is 106 Å². The molecule has 0 saturated heterocycles. The van der Waals surface area contributed by atoms with Crippen LogP contribution in [0, 0.1) is 0 Å². The van der Waals surface area contributed by atoms with Crippen LogP contribution in [0.4, 0.5) is 5.69 Å². The number of nitrogen functional groups attached to an aromatic ring is 1. The Morgan fingerprint density at radius 2 is 2.22 bits per heavy atom. The van der Waals surface area contributed by atoms with Gasteiger partial charge in [0.1, 0.15) is 0 Å². The standard InChI is InChI=1S/C12H18N2O4/c1-14(6-8(15)7-18-2)12(17)9-4-3-5-10(13)11(9)16/h3-5,8,15-16H,6-7,13H2,1-2H3. The Balaban J connectivity index is 2.77. The molecule has 1 aromatic carbocycles. The van der Waals surface area contributed by atoms with Gasteiger partial charge in [0.15, 0.2) is 5.75 Å².